The molecular weight excluding hydrogens is 166 g/mol. The van der Waals surface area contributed by atoms with Crippen molar-refractivity contribution < 1.29 is 9.53 Å². The highest BCUT2D eigenvalue weighted by molar-refractivity contribution is 5.81. The van der Waals surface area contributed by atoms with Gasteiger partial charge in [-0.2, -0.15) is 0 Å². The van der Waals surface area contributed by atoms with Crippen LogP contribution in [0.15, 0.2) is 0 Å². The Bertz CT molecular complexity index is 196. The quantitative estimate of drug-likeness (QED) is 0.700. The van der Waals surface area contributed by atoms with E-state index in [0.29, 0.717) is 0 Å². The zero-order valence-electron chi connectivity index (χ0n) is 8.89. The molecular formula is C10H19NO2. The molecule has 1 N–H and O–H groups in total. The van der Waals surface area contributed by atoms with E-state index in [0.717, 1.165) is 13.0 Å². The van der Waals surface area contributed by atoms with E-state index in [1.165, 1.54) is 0 Å². The Balaban J connectivity index is 2.38. The van der Waals surface area contributed by atoms with E-state index in [1.807, 2.05) is 20.8 Å². The smallest absolute Gasteiger partial charge is 0.146 e. The normalized spacial score (nSPS) is 29.2. The number of hydrogen-bond donors (Lipinski definition) is 1. The Hall–Kier alpha value is -0.410. The molecule has 1 heterocycles. The van der Waals surface area contributed by atoms with E-state index < -0.39 is 0 Å². The molecule has 0 saturated carbocycles. The van der Waals surface area contributed by atoms with E-state index in [4.69, 9.17) is 4.74 Å². The second-order valence-corrected chi connectivity index (χ2v) is 4.66. The molecule has 0 spiro atoms. The van der Waals surface area contributed by atoms with Gasteiger partial charge in [-0.1, -0.05) is 0 Å². The molecule has 0 aromatic rings. The summed E-state index contributed by atoms with van der Waals surface area (Å²) in [7, 11) is 0. The monoisotopic (exact) mass is 185 g/mol. The lowest BCUT2D eigenvalue weighted by Crippen LogP contribution is -2.29. The Morgan fingerprint density at radius 2 is 2.08 bits per heavy atom. The third kappa shape index (κ3) is 3.44. The number of nitrogens with one attached hydrogen (secondary N) is 1. The van der Waals surface area contributed by atoms with E-state index in [1.54, 1.807) is 6.92 Å². The second-order valence-electron chi connectivity index (χ2n) is 4.66. The summed E-state index contributed by atoms with van der Waals surface area (Å²) in [6.45, 7) is 8.52. The van der Waals surface area contributed by atoms with Crippen molar-refractivity contribution in [1.29, 1.82) is 0 Å². The van der Waals surface area contributed by atoms with Crippen LogP contribution in [-0.2, 0) is 9.53 Å². The first-order valence-electron chi connectivity index (χ1n) is 4.80. The number of carbonyl (C=O) groups excluding carboxylic acids is 1. The summed E-state index contributed by atoms with van der Waals surface area (Å²) in [5.41, 5.74) is -0.113. The minimum absolute atomic E-state index is 0.00681. The highest BCUT2D eigenvalue weighted by Gasteiger charge is 2.30. The highest BCUT2D eigenvalue weighted by atomic mass is 16.5. The first-order valence-corrected chi connectivity index (χ1v) is 4.80. The van der Waals surface area contributed by atoms with Crippen molar-refractivity contribution in [3.8, 4) is 0 Å². The predicted molar refractivity (Wildman–Crippen MR) is 51.7 cm³/mol. The van der Waals surface area contributed by atoms with Gasteiger partial charge in [0.25, 0.3) is 0 Å². The van der Waals surface area contributed by atoms with Crippen LogP contribution in [0.2, 0.25) is 0 Å². The summed E-state index contributed by atoms with van der Waals surface area (Å²) >= 11 is 0. The summed E-state index contributed by atoms with van der Waals surface area (Å²) in [5.74, 6) is 0.208. The Labute approximate surface area is 79.8 Å². The Morgan fingerprint density at radius 1 is 1.46 bits per heavy atom. The third-order valence-electron chi connectivity index (χ3n) is 2.10. The lowest BCUT2D eigenvalue weighted by Gasteiger charge is -2.24. The minimum atomic E-state index is -0.113. The van der Waals surface area contributed by atoms with Crippen LogP contribution in [-0.4, -0.2) is 30.1 Å². The van der Waals surface area contributed by atoms with Crippen molar-refractivity contribution >= 4 is 5.78 Å². The zero-order chi connectivity index (χ0) is 10.1. The lowest BCUT2D eigenvalue weighted by molar-refractivity contribution is -0.119. The van der Waals surface area contributed by atoms with Gasteiger partial charge in [-0.15, -0.1) is 0 Å². The maximum absolute atomic E-state index is 11.0. The largest absolute Gasteiger partial charge is 0.371 e. The molecule has 0 bridgehead atoms. The topological polar surface area (TPSA) is 38.3 Å². The fraction of sp³-hybridized carbons (Fsp3) is 0.900. The van der Waals surface area contributed by atoms with Crippen LogP contribution in [0, 0.1) is 0 Å². The number of ether oxygens (including phenoxy) is 1. The highest BCUT2D eigenvalue weighted by Crippen LogP contribution is 2.18. The molecule has 0 aliphatic carbocycles. The van der Waals surface area contributed by atoms with Crippen LogP contribution in [0.3, 0.4) is 0 Å². The zero-order valence-corrected chi connectivity index (χ0v) is 8.89. The van der Waals surface area contributed by atoms with Gasteiger partial charge < -0.3 is 10.1 Å². The summed E-state index contributed by atoms with van der Waals surface area (Å²) < 4.78 is 5.76. The van der Waals surface area contributed by atoms with Gasteiger partial charge in [0.2, 0.25) is 0 Å². The molecule has 0 aromatic heterocycles. The SMILES string of the molecule is CC(=O)[C@@H]1CC(OC(C)(C)C)CN1. The summed E-state index contributed by atoms with van der Waals surface area (Å²) in [5, 5.41) is 3.15. The van der Waals surface area contributed by atoms with Gasteiger partial charge in [0.15, 0.2) is 0 Å². The van der Waals surface area contributed by atoms with Gasteiger partial charge in [0.1, 0.15) is 5.78 Å². The fourth-order valence-electron chi connectivity index (χ4n) is 1.60. The standard InChI is InChI=1S/C10H19NO2/c1-7(12)9-5-8(6-11-9)13-10(2,3)4/h8-9,11H,5-6H2,1-4H3/t8?,9-/m0/s1. The molecule has 13 heavy (non-hydrogen) atoms. The van der Waals surface area contributed by atoms with Crippen LogP contribution >= 0.6 is 0 Å². The predicted octanol–water partition coefficient (Wildman–Crippen LogP) is 1.12. The van der Waals surface area contributed by atoms with Crippen molar-refractivity contribution in [3.05, 3.63) is 0 Å². The summed E-state index contributed by atoms with van der Waals surface area (Å²) in [6, 6.07) is 0.00681. The van der Waals surface area contributed by atoms with Crippen LogP contribution in [0.25, 0.3) is 0 Å². The van der Waals surface area contributed by atoms with Crippen LogP contribution in [0.4, 0.5) is 0 Å². The van der Waals surface area contributed by atoms with Gasteiger partial charge in [0, 0.05) is 6.54 Å². The van der Waals surface area contributed by atoms with Crippen molar-refractivity contribution in [2.75, 3.05) is 6.54 Å². The second kappa shape index (κ2) is 3.76. The van der Waals surface area contributed by atoms with E-state index in [-0.39, 0.29) is 23.5 Å². The molecule has 1 unspecified atom stereocenters. The maximum Gasteiger partial charge on any atom is 0.146 e. The summed E-state index contributed by atoms with van der Waals surface area (Å²) in [4.78, 5) is 11.0. The van der Waals surface area contributed by atoms with Crippen molar-refractivity contribution in [2.45, 2.75) is 51.9 Å². The lowest BCUT2D eigenvalue weighted by atomic mass is 10.1. The number of hydrogen-bond acceptors (Lipinski definition) is 3. The maximum atomic E-state index is 11.0. The molecule has 0 radical (unpaired) electrons. The van der Waals surface area contributed by atoms with E-state index in [9.17, 15) is 4.79 Å². The van der Waals surface area contributed by atoms with Crippen LogP contribution < -0.4 is 5.32 Å². The van der Waals surface area contributed by atoms with Gasteiger partial charge in [0.05, 0.1) is 17.7 Å². The van der Waals surface area contributed by atoms with Gasteiger partial charge in [-0.05, 0) is 34.1 Å². The number of carbonyl (C=O) groups is 1. The Morgan fingerprint density at radius 3 is 2.46 bits per heavy atom. The average Bonchev–Trinajstić information content (AvgIpc) is 2.31. The first kappa shape index (κ1) is 10.7. The molecule has 1 aliphatic rings. The number of rotatable bonds is 2. The molecule has 3 nitrogen and oxygen atoms in total. The van der Waals surface area contributed by atoms with Crippen molar-refractivity contribution in [2.24, 2.45) is 0 Å². The van der Waals surface area contributed by atoms with Crippen molar-refractivity contribution in [3.63, 3.8) is 0 Å². The van der Waals surface area contributed by atoms with E-state index >= 15 is 0 Å². The molecule has 1 aliphatic heterocycles. The number of Topliss-reactive ketones (excluding diaryl/α,β-unsaturated/α-hetero) is 1. The number of ketones is 1. The van der Waals surface area contributed by atoms with Gasteiger partial charge >= 0.3 is 0 Å². The van der Waals surface area contributed by atoms with Crippen molar-refractivity contribution in [1.82, 2.24) is 5.32 Å². The molecule has 76 valence electrons. The van der Waals surface area contributed by atoms with Gasteiger partial charge in [-0.3, -0.25) is 4.79 Å². The molecule has 1 fully saturated rings. The molecule has 3 heteroatoms. The average molecular weight is 185 g/mol. The molecule has 2 atom stereocenters. The fourth-order valence-corrected chi connectivity index (χ4v) is 1.60. The third-order valence-corrected chi connectivity index (χ3v) is 2.10. The van der Waals surface area contributed by atoms with Gasteiger partial charge in [-0.25, -0.2) is 0 Å². The molecule has 0 aromatic carbocycles. The van der Waals surface area contributed by atoms with E-state index in [2.05, 4.69) is 5.32 Å². The van der Waals surface area contributed by atoms with Crippen LogP contribution in [0.1, 0.15) is 34.1 Å². The molecule has 0 amide bonds. The van der Waals surface area contributed by atoms with Crippen LogP contribution in [0.5, 0.6) is 0 Å². The molecule has 1 rings (SSSR count). The molecule has 1 saturated heterocycles. The summed E-state index contributed by atoms with van der Waals surface area (Å²) in [6.07, 6.45) is 1.00. The Kier molecular flexibility index (Phi) is 3.09. The minimum Gasteiger partial charge on any atom is -0.371 e. The first-order chi connectivity index (χ1) is 5.88.